The first-order chi connectivity index (χ1) is 7.27. The van der Waals surface area contributed by atoms with Crippen LogP contribution in [0, 0.1) is 5.92 Å². The molecule has 1 aliphatic rings. The summed E-state index contributed by atoms with van der Waals surface area (Å²) in [5, 5.41) is 0.896. The number of alkyl halides is 1. The van der Waals surface area contributed by atoms with Crippen molar-refractivity contribution in [3.63, 3.8) is 0 Å². The van der Waals surface area contributed by atoms with Crippen LogP contribution in [0.15, 0.2) is 0 Å². The highest BCUT2D eigenvalue weighted by molar-refractivity contribution is 9.09. The second kappa shape index (κ2) is 7.26. The average Bonchev–Trinajstić information content (AvgIpc) is 2.18. The van der Waals surface area contributed by atoms with Crippen LogP contribution in [0.25, 0.3) is 0 Å². The molecule has 0 unspecified atom stereocenters. The number of carbonyl (C=O) groups is 1. The minimum absolute atomic E-state index is 0.368. The molecular formula is C12H22BrNO. The van der Waals surface area contributed by atoms with E-state index < -0.39 is 0 Å². The maximum Gasteiger partial charge on any atom is 0.222 e. The Labute approximate surface area is 102 Å². The van der Waals surface area contributed by atoms with Crippen molar-refractivity contribution in [2.24, 2.45) is 5.92 Å². The summed E-state index contributed by atoms with van der Waals surface area (Å²) in [6.07, 6.45) is 6.93. The van der Waals surface area contributed by atoms with Crippen LogP contribution >= 0.6 is 15.9 Å². The smallest absolute Gasteiger partial charge is 0.222 e. The van der Waals surface area contributed by atoms with Gasteiger partial charge in [-0.3, -0.25) is 4.79 Å². The molecule has 0 aromatic heterocycles. The minimum Gasteiger partial charge on any atom is -0.342 e. The average molecular weight is 276 g/mol. The molecule has 0 aromatic carbocycles. The molecule has 88 valence electrons. The summed E-state index contributed by atoms with van der Waals surface area (Å²) in [5.41, 5.74) is 0. The molecule has 0 radical (unpaired) electrons. The summed E-state index contributed by atoms with van der Waals surface area (Å²) in [6.45, 7) is 3.97. The van der Waals surface area contributed by atoms with E-state index in [1.165, 1.54) is 19.3 Å². The third-order valence-electron chi connectivity index (χ3n) is 3.18. The van der Waals surface area contributed by atoms with Gasteiger partial charge < -0.3 is 4.90 Å². The number of unbranched alkanes of at least 4 members (excludes halogenated alkanes) is 1. The molecule has 1 saturated carbocycles. The maximum absolute atomic E-state index is 11.9. The van der Waals surface area contributed by atoms with Gasteiger partial charge in [0.15, 0.2) is 0 Å². The maximum atomic E-state index is 11.9. The number of rotatable bonds is 7. The molecule has 1 amide bonds. The monoisotopic (exact) mass is 275 g/mol. The third-order valence-corrected chi connectivity index (χ3v) is 3.53. The van der Waals surface area contributed by atoms with E-state index in [-0.39, 0.29) is 0 Å². The lowest BCUT2D eigenvalue weighted by Gasteiger charge is -2.28. The highest BCUT2D eigenvalue weighted by Gasteiger charge is 2.23. The molecule has 0 aromatic rings. The van der Waals surface area contributed by atoms with E-state index >= 15 is 0 Å². The molecule has 15 heavy (non-hydrogen) atoms. The molecule has 0 bridgehead atoms. The molecule has 3 heteroatoms. The Bertz CT molecular complexity index is 192. The minimum atomic E-state index is 0.368. The fourth-order valence-corrected chi connectivity index (χ4v) is 2.31. The van der Waals surface area contributed by atoms with Gasteiger partial charge in [0.1, 0.15) is 0 Å². The zero-order valence-corrected chi connectivity index (χ0v) is 11.3. The number of hydrogen-bond donors (Lipinski definition) is 0. The Balaban J connectivity index is 2.28. The van der Waals surface area contributed by atoms with Gasteiger partial charge in [0, 0.05) is 24.8 Å². The van der Waals surface area contributed by atoms with Crippen molar-refractivity contribution in [3.8, 4) is 0 Å². The topological polar surface area (TPSA) is 20.3 Å². The Morgan fingerprint density at radius 2 is 2.13 bits per heavy atom. The summed E-state index contributed by atoms with van der Waals surface area (Å²) in [4.78, 5) is 14.0. The van der Waals surface area contributed by atoms with Gasteiger partial charge in [0.2, 0.25) is 5.91 Å². The van der Waals surface area contributed by atoms with E-state index in [0.717, 1.165) is 37.7 Å². The highest BCUT2D eigenvalue weighted by Crippen LogP contribution is 2.29. The summed E-state index contributed by atoms with van der Waals surface area (Å²) in [6, 6.07) is 0. The van der Waals surface area contributed by atoms with Gasteiger partial charge in [-0.05, 0) is 25.2 Å². The fourth-order valence-electron chi connectivity index (χ4n) is 1.89. The number of halogens is 1. The van der Waals surface area contributed by atoms with Crippen molar-refractivity contribution < 1.29 is 4.79 Å². The predicted octanol–water partition coefficient (Wildman–Crippen LogP) is 3.20. The van der Waals surface area contributed by atoms with Crippen LogP contribution in [0.4, 0.5) is 0 Å². The van der Waals surface area contributed by atoms with E-state index in [1.54, 1.807) is 0 Å². The van der Waals surface area contributed by atoms with Crippen LogP contribution in [0.3, 0.4) is 0 Å². The molecule has 0 saturated heterocycles. The van der Waals surface area contributed by atoms with Crippen molar-refractivity contribution in [2.45, 2.75) is 45.4 Å². The van der Waals surface area contributed by atoms with Crippen molar-refractivity contribution >= 4 is 21.8 Å². The molecule has 1 fully saturated rings. The largest absolute Gasteiger partial charge is 0.342 e. The Kier molecular flexibility index (Phi) is 6.30. The van der Waals surface area contributed by atoms with Crippen LogP contribution < -0.4 is 0 Å². The molecular weight excluding hydrogens is 254 g/mol. The first kappa shape index (κ1) is 13.0. The second-order valence-electron chi connectivity index (χ2n) is 4.42. The summed E-state index contributed by atoms with van der Waals surface area (Å²) in [7, 11) is 0. The van der Waals surface area contributed by atoms with Crippen LogP contribution in [-0.2, 0) is 4.79 Å². The third kappa shape index (κ3) is 4.54. The number of nitrogens with zero attached hydrogens (tertiary/aromatic N) is 1. The molecule has 1 rings (SSSR count). The summed E-state index contributed by atoms with van der Waals surface area (Å²) in [5.74, 6) is 1.06. The molecule has 0 aliphatic heterocycles. The van der Waals surface area contributed by atoms with Gasteiger partial charge in [-0.25, -0.2) is 0 Å². The lowest BCUT2D eigenvalue weighted by Crippen LogP contribution is -2.35. The Hall–Kier alpha value is -0.0500. The van der Waals surface area contributed by atoms with Crippen LogP contribution in [0.5, 0.6) is 0 Å². The molecule has 0 heterocycles. The molecule has 2 nitrogen and oxygen atoms in total. The second-order valence-corrected chi connectivity index (χ2v) is 5.22. The predicted molar refractivity (Wildman–Crippen MR) is 67.2 cm³/mol. The van der Waals surface area contributed by atoms with Gasteiger partial charge >= 0.3 is 0 Å². The van der Waals surface area contributed by atoms with Gasteiger partial charge in [-0.2, -0.15) is 0 Å². The van der Waals surface area contributed by atoms with E-state index in [0.29, 0.717) is 11.8 Å². The van der Waals surface area contributed by atoms with Crippen LogP contribution in [0.2, 0.25) is 0 Å². The van der Waals surface area contributed by atoms with Crippen molar-refractivity contribution in [1.29, 1.82) is 0 Å². The number of hydrogen-bond acceptors (Lipinski definition) is 1. The SMILES string of the molecule is CCCCN(CCBr)C(=O)CC1CCC1. The molecule has 1 aliphatic carbocycles. The normalized spacial score (nSPS) is 16.1. The van der Waals surface area contributed by atoms with E-state index in [4.69, 9.17) is 0 Å². The van der Waals surface area contributed by atoms with E-state index in [2.05, 4.69) is 22.9 Å². The zero-order valence-electron chi connectivity index (χ0n) is 9.67. The number of carbonyl (C=O) groups excluding carboxylic acids is 1. The quantitative estimate of drug-likeness (QED) is 0.654. The Morgan fingerprint density at radius 3 is 2.60 bits per heavy atom. The van der Waals surface area contributed by atoms with Crippen LogP contribution in [0.1, 0.15) is 45.4 Å². The lowest BCUT2D eigenvalue weighted by molar-refractivity contribution is -0.132. The van der Waals surface area contributed by atoms with Gasteiger partial charge in [0.05, 0.1) is 0 Å². The van der Waals surface area contributed by atoms with Gasteiger partial charge in [-0.1, -0.05) is 35.7 Å². The van der Waals surface area contributed by atoms with E-state index in [1.807, 2.05) is 4.90 Å². The van der Waals surface area contributed by atoms with Crippen molar-refractivity contribution in [3.05, 3.63) is 0 Å². The first-order valence-corrected chi connectivity index (χ1v) is 7.23. The summed E-state index contributed by atoms with van der Waals surface area (Å²) >= 11 is 3.41. The van der Waals surface area contributed by atoms with Crippen molar-refractivity contribution in [1.82, 2.24) is 4.90 Å². The van der Waals surface area contributed by atoms with Gasteiger partial charge in [0.25, 0.3) is 0 Å². The number of amides is 1. The lowest BCUT2D eigenvalue weighted by atomic mass is 9.82. The Morgan fingerprint density at radius 1 is 1.40 bits per heavy atom. The van der Waals surface area contributed by atoms with E-state index in [9.17, 15) is 4.79 Å². The standard InChI is InChI=1S/C12H22BrNO/c1-2-3-8-14(9-7-13)12(15)10-11-5-4-6-11/h11H,2-10H2,1H3. The molecule has 0 atom stereocenters. The van der Waals surface area contributed by atoms with Crippen molar-refractivity contribution in [2.75, 3.05) is 18.4 Å². The summed E-state index contributed by atoms with van der Waals surface area (Å²) < 4.78 is 0. The van der Waals surface area contributed by atoms with Gasteiger partial charge in [-0.15, -0.1) is 0 Å². The molecule has 0 N–H and O–H groups in total. The fraction of sp³-hybridized carbons (Fsp3) is 0.917. The highest BCUT2D eigenvalue weighted by atomic mass is 79.9. The first-order valence-electron chi connectivity index (χ1n) is 6.11. The molecule has 0 spiro atoms. The van der Waals surface area contributed by atoms with Crippen LogP contribution in [-0.4, -0.2) is 29.2 Å². The zero-order chi connectivity index (χ0) is 11.1.